The number of rotatable bonds is 3. The molecule has 0 fully saturated rings. The van der Waals surface area contributed by atoms with Gasteiger partial charge in [0, 0.05) is 5.56 Å². The molecular weight excluding hydrogens is 281 g/mol. The maximum atomic E-state index is 14.1. The second-order valence-electron chi connectivity index (χ2n) is 5.15. The molecule has 0 spiro atoms. The SMILES string of the molecule is Cc1nc2cc(-c3cc(CC#N)cc(F)c3CO)ccc2[nH]1. The number of aryl methyl sites for hydroxylation is 1. The Bertz CT molecular complexity index is 893. The van der Waals surface area contributed by atoms with Crippen LogP contribution in [0.2, 0.25) is 0 Å². The highest BCUT2D eigenvalue weighted by molar-refractivity contribution is 5.83. The Balaban J connectivity index is 2.21. The summed E-state index contributed by atoms with van der Waals surface area (Å²) in [5.74, 6) is 0.308. The monoisotopic (exact) mass is 295 g/mol. The van der Waals surface area contributed by atoms with E-state index in [1.807, 2.05) is 31.2 Å². The van der Waals surface area contributed by atoms with Crippen molar-refractivity contribution in [3.63, 3.8) is 0 Å². The molecular formula is C17H14FN3O. The van der Waals surface area contributed by atoms with Crippen LogP contribution in [-0.2, 0) is 13.0 Å². The molecule has 0 unspecified atom stereocenters. The molecule has 0 aliphatic heterocycles. The fourth-order valence-corrected chi connectivity index (χ4v) is 2.61. The molecule has 3 rings (SSSR count). The van der Waals surface area contributed by atoms with Gasteiger partial charge < -0.3 is 10.1 Å². The van der Waals surface area contributed by atoms with E-state index in [1.54, 1.807) is 6.07 Å². The molecule has 3 aromatic rings. The number of aliphatic hydroxyl groups excluding tert-OH is 1. The first-order valence-electron chi connectivity index (χ1n) is 6.88. The van der Waals surface area contributed by atoms with E-state index in [2.05, 4.69) is 9.97 Å². The Morgan fingerprint density at radius 2 is 2.14 bits per heavy atom. The molecule has 1 aromatic heterocycles. The quantitative estimate of drug-likeness (QED) is 0.779. The van der Waals surface area contributed by atoms with E-state index in [0.29, 0.717) is 11.1 Å². The lowest BCUT2D eigenvalue weighted by Gasteiger charge is -2.11. The fourth-order valence-electron chi connectivity index (χ4n) is 2.61. The summed E-state index contributed by atoms with van der Waals surface area (Å²) >= 11 is 0. The number of imidazole rings is 1. The maximum Gasteiger partial charge on any atom is 0.129 e. The molecule has 0 atom stereocenters. The Kier molecular flexibility index (Phi) is 3.61. The van der Waals surface area contributed by atoms with E-state index in [1.165, 1.54) is 6.07 Å². The van der Waals surface area contributed by atoms with Crippen LogP contribution in [0.15, 0.2) is 30.3 Å². The molecule has 22 heavy (non-hydrogen) atoms. The average molecular weight is 295 g/mol. The van der Waals surface area contributed by atoms with Gasteiger partial charge in [-0.3, -0.25) is 0 Å². The Labute approximate surface area is 126 Å². The van der Waals surface area contributed by atoms with Gasteiger partial charge in [0.1, 0.15) is 11.6 Å². The van der Waals surface area contributed by atoms with Crippen LogP contribution in [0.25, 0.3) is 22.2 Å². The van der Waals surface area contributed by atoms with E-state index in [-0.39, 0.29) is 12.0 Å². The van der Waals surface area contributed by atoms with Crippen LogP contribution < -0.4 is 0 Å². The van der Waals surface area contributed by atoms with Crippen LogP contribution in [-0.4, -0.2) is 15.1 Å². The van der Waals surface area contributed by atoms with E-state index in [0.717, 1.165) is 22.4 Å². The highest BCUT2D eigenvalue weighted by Gasteiger charge is 2.13. The van der Waals surface area contributed by atoms with Crippen molar-refractivity contribution in [1.82, 2.24) is 9.97 Å². The number of H-pyrrole nitrogens is 1. The summed E-state index contributed by atoms with van der Waals surface area (Å²) in [7, 11) is 0. The lowest BCUT2D eigenvalue weighted by atomic mass is 9.96. The predicted octanol–water partition coefficient (Wildman–Crippen LogP) is 3.24. The number of aromatic nitrogens is 2. The number of hydrogen-bond donors (Lipinski definition) is 2. The van der Waals surface area contributed by atoms with Crippen molar-refractivity contribution in [1.29, 1.82) is 5.26 Å². The number of nitrogens with zero attached hydrogens (tertiary/aromatic N) is 2. The van der Waals surface area contributed by atoms with Gasteiger partial charge in [-0.15, -0.1) is 0 Å². The normalized spacial score (nSPS) is 10.8. The van der Waals surface area contributed by atoms with Gasteiger partial charge in [-0.05, 0) is 47.9 Å². The summed E-state index contributed by atoms with van der Waals surface area (Å²) < 4.78 is 14.1. The Morgan fingerprint density at radius 1 is 1.32 bits per heavy atom. The smallest absolute Gasteiger partial charge is 0.129 e. The third-order valence-electron chi connectivity index (χ3n) is 3.61. The molecule has 110 valence electrons. The van der Waals surface area contributed by atoms with Crippen molar-refractivity contribution in [3.8, 4) is 17.2 Å². The molecule has 1 heterocycles. The maximum absolute atomic E-state index is 14.1. The van der Waals surface area contributed by atoms with E-state index < -0.39 is 12.4 Å². The Hall–Kier alpha value is -2.71. The molecule has 2 N–H and O–H groups in total. The number of benzene rings is 2. The van der Waals surface area contributed by atoms with Crippen molar-refractivity contribution < 1.29 is 9.50 Å². The summed E-state index contributed by atoms with van der Waals surface area (Å²) in [4.78, 5) is 7.50. The second kappa shape index (κ2) is 5.58. The summed E-state index contributed by atoms with van der Waals surface area (Å²) in [6.45, 7) is 1.47. The zero-order valence-corrected chi connectivity index (χ0v) is 12.0. The number of hydrogen-bond acceptors (Lipinski definition) is 3. The van der Waals surface area contributed by atoms with Crippen molar-refractivity contribution in [2.24, 2.45) is 0 Å². The Morgan fingerprint density at radius 3 is 2.86 bits per heavy atom. The van der Waals surface area contributed by atoms with Crippen LogP contribution >= 0.6 is 0 Å². The lowest BCUT2D eigenvalue weighted by molar-refractivity contribution is 0.276. The largest absolute Gasteiger partial charge is 0.392 e. The molecule has 2 aromatic carbocycles. The zero-order valence-electron chi connectivity index (χ0n) is 12.0. The zero-order chi connectivity index (χ0) is 15.7. The van der Waals surface area contributed by atoms with Gasteiger partial charge in [0.25, 0.3) is 0 Å². The summed E-state index contributed by atoms with van der Waals surface area (Å²) in [6.07, 6.45) is 0.124. The molecule has 4 nitrogen and oxygen atoms in total. The third-order valence-corrected chi connectivity index (χ3v) is 3.61. The number of nitriles is 1. The molecule has 0 saturated carbocycles. The molecule has 0 bridgehead atoms. The molecule has 0 radical (unpaired) electrons. The van der Waals surface area contributed by atoms with Gasteiger partial charge in [0.2, 0.25) is 0 Å². The summed E-state index contributed by atoms with van der Waals surface area (Å²) in [6, 6.07) is 10.6. The van der Waals surface area contributed by atoms with Crippen LogP contribution in [0, 0.1) is 24.1 Å². The molecule has 5 heteroatoms. The summed E-state index contributed by atoms with van der Waals surface area (Å²) in [5, 5.41) is 18.3. The van der Waals surface area contributed by atoms with Crippen molar-refractivity contribution in [2.75, 3.05) is 0 Å². The second-order valence-corrected chi connectivity index (χ2v) is 5.15. The van der Waals surface area contributed by atoms with Crippen molar-refractivity contribution in [2.45, 2.75) is 20.0 Å². The van der Waals surface area contributed by atoms with Crippen LogP contribution in [0.4, 0.5) is 4.39 Å². The molecule has 0 amide bonds. The van der Waals surface area contributed by atoms with E-state index >= 15 is 0 Å². The fraction of sp³-hybridized carbons (Fsp3) is 0.176. The average Bonchev–Trinajstić information content (AvgIpc) is 2.86. The van der Waals surface area contributed by atoms with Gasteiger partial charge in [-0.2, -0.15) is 5.26 Å². The third kappa shape index (κ3) is 2.45. The minimum absolute atomic E-state index is 0.124. The predicted molar refractivity (Wildman–Crippen MR) is 81.5 cm³/mol. The van der Waals surface area contributed by atoms with Gasteiger partial charge in [-0.25, -0.2) is 9.37 Å². The minimum Gasteiger partial charge on any atom is -0.392 e. The molecule has 0 aliphatic carbocycles. The highest BCUT2D eigenvalue weighted by atomic mass is 19.1. The van der Waals surface area contributed by atoms with E-state index in [4.69, 9.17) is 5.26 Å². The first kappa shape index (κ1) is 14.2. The first-order valence-corrected chi connectivity index (χ1v) is 6.88. The number of halogens is 1. The van der Waals surface area contributed by atoms with Gasteiger partial charge >= 0.3 is 0 Å². The molecule has 0 aliphatic rings. The van der Waals surface area contributed by atoms with Crippen molar-refractivity contribution >= 4 is 11.0 Å². The minimum atomic E-state index is -0.497. The summed E-state index contributed by atoms with van der Waals surface area (Å²) in [5.41, 5.74) is 3.86. The number of fused-ring (bicyclic) bond motifs is 1. The topological polar surface area (TPSA) is 72.7 Å². The first-order chi connectivity index (χ1) is 10.6. The van der Waals surface area contributed by atoms with Gasteiger partial charge in [0.15, 0.2) is 0 Å². The van der Waals surface area contributed by atoms with Crippen LogP contribution in [0.5, 0.6) is 0 Å². The number of aromatic amines is 1. The number of nitrogens with one attached hydrogen (secondary N) is 1. The van der Waals surface area contributed by atoms with Gasteiger partial charge in [0.05, 0.1) is 30.1 Å². The van der Waals surface area contributed by atoms with Crippen LogP contribution in [0.1, 0.15) is 17.0 Å². The number of aliphatic hydroxyl groups is 1. The highest BCUT2D eigenvalue weighted by Crippen LogP contribution is 2.30. The van der Waals surface area contributed by atoms with Crippen molar-refractivity contribution in [3.05, 3.63) is 53.1 Å². The molecule has 0 saturated heterocycles. The van der Waals surface area contributed by atoms with E-state index in [9.17, 15) is 9.50 Å². The lowest BCUT2D eigenvalue weighted by Crippen LogP contribution is -1.97. The standard InChI is InChI=1S/C17H14FN3O/c1-10-20-16-3-2-12(8-17(16)21-10)13-6-11(4-5-19)7-15(18)14(13)9-22/h2-3,6-8,22H,4,9H2,1H3,(H,20,21). The van der Waals surface area contributed by atoms with Gasteiger partial charge in [-0.1, -0.05) is 6.07 Å². The van der Waals surface area contributed by atoms with Crippen LogP contribution in [0.3, 0.4) is 0 Å².